The first-order valence-electron chi connectivity index (χ1n) is 7.04. The van der Waals surface area contributed by atoms with Gasteiger partial charge in [0.15, 0.2) is 0 Å². The normalized spacial score (nSPS) is 10.7. The van der Waals surface area contributed by atoms with Crippen molar-refractivity contribution in [3.05, 3.63) is 57.4 Å². The number of pyridine rings is 1. The first kappa shape index (κ1) is 16.1. The van der Waals surface area contributed by atoms with E-state index in [0.717, 1.165) is 16.1 Å². The molecule has 0 bridgehead atoms. The second-order valence-corrected chi connectivity index (χ2v) is 5.87. The number of aryl methyl sites for hydroxylation is 1. The van der Waals surface area contributed by atoms with Crippen molar-refractivity contribution in [2.75, 3.05) is 5.32 Å². The number of rotatable bonds is 5. The molecule has 8 nitrogen and oxygen atoms in total. The van der Waals surface area contributed by atoms with Crippen LogP contribution in [0.1, 0.15) is 6.42 Å². The van der Waals surface area contributed by atoms with E-state index in [2.05, 4.69) is 31.3 Å². The summed E-state index contributed by atoms with van der Waals surface area (Å²) >= 11 is 3.45. The van der Waals surface area contributed by atoms with Crippen LogP contribution < -0.4 is 5.32 Å². The summed E-state index contributed by atoms with van der Waals surface area (Å²) < 4.78 is 2.27. The van der Waals surface area contributed by atoms with Crippen LogP contribution in [0.25, 0.3) is 10.9 Å². The van der Waals surface area contributed by atoms with E-state index in [-0.39, 0.29) is 24.6 Å². The van der Waals surface area contributed by atoms with Crippen LogP contribution in [0.2, 0.25) is 0 Å². The first-order valence-corrected chi connectivity index (χ1v) is 7.84. The van der Waals surface area contributed by atoms with E-state index in [1.54, 1.807) is 12.3 Å². The van der Waals surface area contributed by atoms with Crippen LogP contribution in [-0.2, 0) is 11.3 Å². The standard InChI is InChI=1S/C15H12BrN5O3/c16-12-3-4-13(15-11(12)2-1-6-17-15)19-14(22)5-7-20-9-10(8-18-20)21(23)24/h1-4,6,8-9H,5,7H2,(H,19,22). The van der Waals surface area contributed by atoms with Crippen molar-refractivity contribution in [2.24, 2.45) is 0 Å². The molecule has 1 N–H and O–H groups in total. The van der Waals surface area contributed by atoms with E-state index in [9.17, 15) is 14.9 Å². The van der Waals surface area contributed by atoms with Crippen LogP contribution in [0.5, 0.6) is 0 Å². The number of fused-ring (bicyclic) bond motifs is 1. The highest BCUT2D eigenvalue weighted by Crippen LogP contribution is 2.28. The molecule has 3 aromatic rings. The summed E-state index contributed by atoms with van der Waals surface area (Å²) in [5, 5.41) is 18.2. The number of aromatic nitrogens is 3. The van der Waals surface area contributed by atoms with Gasteiger partial charge in [0, 0.05) is 29.0 Å². The fourth-order valence-electron chi connectivity index (χ4n) is 2.24. The molecule has 122 valence electrons. The van der Waals surface area contributed by atoms with Crippen molar-refractivity contribution < 1.29 is 9.72 Å². The number of nitro groups is 1. The summed E-state index contributed by atoms with van der Waals surface area (Å²) in [6.07, 6.45) is 4.25. The maximum absolute atomic E-state index is 12.1. The number of carbonyl (C=O) groups excluding carboxylic acids is 1. The van der Waals surface area contributed by atoms with Gasteiger partial charge in [-0.15, -0.1) is 0 Å². The zero-order valence-electron chi connectivity index (χ0n) is 12.3. The van der Waals surface area contributed by atoms with Gasteiger partial charge in [-0.3, -0.25) is 24.6 Å². The zero-order chi connectivity index (χ0) is 17.1. The monoisotopic (exact) mass is 389 g/mol. The molecule has 0 saturated heterocycles. The molecule has 0 aliphatic carbocycles. The maximum atomic E-state index is 12.1. The number of halogens is 1. The largest absolute Gasteiger partial charge is 0.324 e. The SMILES string of the molecule is O=C(CCn1cc([N+](=O)[O-])cn1)Nc1ccc(Br)c2cccnc12. The molecule has 0 spiro atoms. The van der Waals surface area contributed by atoms with Crippen LogP contribution in [0.4, 0.5) is 11.4 Å². The highest BCUT2D eigenvalue weighted by atomic mass is 79.9. The molecule has 24 heavy (non-hydrogen) atoms. The van der Waals surface area contributed by atoms with Crippen LogP contribution >= 0.6 is 15.9 Å². The Bertz CT molecular complexity index is 924. The average molecular weight is 390 g/mol. The molecule has 9 heteroatoms. The lowest BCUT2D eigenvalue weighted by Gasteiger charge is -2.09. The molecule has 0 radical (unpaired) electrons. The smallest absolute Gasteiger partial charge is 0.306 e. The average Bonchev–Trinajstić information content (AvgIpc) is 3.05. The molecule has 0 aliphatic rings. The molecule has 0 unspecified atom stereocenters. The van der Waals surface area contributed by atoms with Gasteiger partial charge in [0.05, 0.1) is 16.1 Å². The third kappa shape index (κ3) is 3.40. The van der Waals surface area contributed by atoms with Crippen LogP contribution in [0.15, 0.2) is 47.3 Å². The van der Waals surface area contributed by atoms with Crippen molar-refractivity contribution in [3.8, 4) is 0 Å². The first-order chi connectivity index (χ1) is 11.5. The number of nitrogens with one attached hydrogen (secondary N) is 1. The van der Waals surface area contributed by atoms with Crippen molar-refractivity contribution in [3.63, 3.8) is 0 Å². The van der Waals surface area contributed by atoms with Crippen molar-refractivity contribution in [1.29, 1.82) is 0 Å². The Kier molecular flexibility index (Phi) is 4.52. The maximum Gasteiger partial charge on any atom is 0.306 e. The Morgan fingerprint density at radius 1 is 1.38 bits per heavy atom. The van der Waals surface area contributed by atoms with Gasteiger partial charge < -0.3 is 5.32 Å². The highest BCUT2D eigenvalue weighted by Gasteiger charge is 2.11. The second kappa shape index (κ2) is 6.75. The number of hydrogen-bond acceptors (Lipinski definition) is 5. The highest BCUT2D eigenvalue weighted by molar-refractivity contribution is 9.10. The van der Waals surface area contributed by atoms with Gasteiger partial charge in [-0.2, -0.15) is 5.10 Å². The molecule has 0 aliphatic heterocycles. The molecule has 2 aromatic heterocycles. The lowest BCUT2D eigenvalue weighted by Crippen LogP contribution is -2.15. The molecule has 2 heterocycles. The van der Waals surface area contributed by atoms with Crippen LogP contribution in [-0.4, -0.2) is 25.6 Å². The van der Waals surface area contributed by atoms with Gasteiger partial charge in [0.2, 0.25) is 5.91 Å². The fourth-order valence-corrected chi connectivity index (χ4v) is 2.69. The van der Waals surface area contributed by atoms with E-state index in [1.165, 1.54) is 10.9 Å². The third-order valence-electron chi connectivity index (χ3n) is 3.39. The number of nitrogens with zero attached hydrogens (tertiary/aromatic N) is 4. The molecule has 0 saturated carbocycles. The number of hydrogen-bond donors (Lipinski definition) is 1. The molecular formula is C15H12BrN5O3. The summed E-state index contributed by atoms with van der Waals surface area (Å²) in [5.74, 6) is -0.220. The summed E-state index contributed by atoms with van der Waals surface area (Å²) in [4.78, 5) is 26.5. The molecule has 0 fully saturated rings. The predicted octanol–water partition coefficient (Wildman–Crippen LogP) is 3.13. The minimum atomic E-state index is -0.525. The predicted molar refractivity (Wildman–Crippen MR) is 91.6 cm³/mol. The third-order valence-corrected chi connectivity index (χ3v) is 4.08. The quantitative estimate of drug-likeness (QED) is 0.533. The van der Waals surface area contributed by atoms with Gasteiger partial charge in [0.25, 0.3) is 0 Å². The Hall–Kier alpha value is -2.81. The van der Waals surface area contributed by atoms with E-state index >= 15 is 0 Å². The Morgan fingerprint density at radius 2 is 2.21 bits per heavy atom. The number of amides is 1. The summed E-state index contributed by atoms with van der Waals surface area (Å²) in [5.41, 5.74) is 1.21. The zero-order valence-corrected chi connectivity index (χ0v) is 13.9. The fraction of sp³-hybridized carbons (Fsp3) is 0.133. The summed E-state index contributed by atoms with van der Waals surface area (Å²) in [6.45, 7) is 0.252. The molecule has 0 atom stereocenters. The van der Waals surface area contributed by atoms with E-state index < -0.39 is 4.92 Å². The number of carbonyl (C=O) groups is 1. The van der Waals surface area contributed by atoms with Gasteiger partial charge in [-0.05, 0) is 18.2 Å². The number of benzene rings is 1. The van der Waals surface area contributed by atoms with Crippen molar-refractivity contribution >= 4 is 44.1 Å². The van der Waals surface area contributed by atoms with Crippen molar-refractivity contribution in [1.82, 2.24) is 14.8 Å². The number of anilines is 1. The second-order valence-electron chi connectivity index (χ2n) is 5.01. The molecule has 1 amide bonds. The van der Waals surface area contributed by atoms with E-state index in [4.69, 9.17) is 0 Å². The molecule has 1 aromatic carbocycles. The van der Waals surface area contributed by atoms with Crippen LogP contribution in [0, 0.1) is 10.1 Å². The van der Waals surface area contributed by atoms with Gasteiger partial charge in [0.1, 0.15) is 12.4 Å². The topological polar surface area (TPSA) is 103 Å². The molecule has 3 rings (SSSR count). The Labute approximate surface area is 144 Å². The van der Waals surface area contributed by atoms with Gasteiger partial charge in [-0.1, -0.05) is 22.0 Å². The lowest BCUT2D eigenvalue weighted by molar-refractivity contribution is -0.385. The minimum Gasteiger partial charge on any atom is -0.324 e. The van der Waals surface area contributed by atoms with E-state index in [0.29, 0.717) is 11.2 Å². The van der Waals surface area contributed by atoms with Crippen LogP contribution in [0.3, 0.4) is 0 Å². The van der Waals surface area contributed by atoms with Gasteiger partial charge >= 0.3 is 5.69 Å². The minimum absolute atomic E-state index is 0.0986. The Morgan fingerprint density at radius 3 is 2.96 bits per heavy atom. The van der Waals surface area contributed by atoms with E-state index in [1.807, 2.05) is 18.2 Å². The summed E-state index contributed by atoms with van der Waals surface area (Å²) in [7, 11) is 0. The van der Waals surface area contributed by atoms with Gasteiger partial charge in [-0.25, -0.2) is 0 Å². The Balaban J connectivity index is 1.69. The summed E-state index contributed by atoms with van der Waals surface area (Å²) in [6, 6.07) is 7.35. The molecular weight excluding hydrogens is 378 g/mol. The lowest BCUT2D eigenvalue weighted by atomic mass is 10.2. The van der Waals surface area contributed by atoms with Crippen molar-refractivity contribution in [2.45, 2.75) is 13.0 Å².